The Kier molecular flexibility index (Phi) is 6.70. The summed E-state index contributed by atoms with van der Waals surface area (Å²) in [6.07, 6.45) is 1.44. The van der Waals surface area contributed by atoms with E-state index in [-0.39, 0.29) is 16.7 Å². The fraction of sp³-hybridized carbons (Fsp3) is 0.312. The number of carboxylic acid groups (broad SMARTS) is 1. The molecule has 0 aliphatic rings. The highest BCUT2D eigenvalue weighted by molar-refractivity contribution is 8.00. The molecule has 0 fully saturated rings. The molecule has 1 amide bonds. The number of Topliss-reactive ketones (excluding diaryl/α,β-unsaturated/α-hetero) is 1. The van der Waals surface area contributed by atoms with Crippen LogP contribution in [-0.4, -0.2) is 33.0 Å². The highest BCUT2D eigenvalue weighted by Gasteiger charge is 2.16. The number of carboxylic acids is 1. The van der Waals surface area contributed by atoms with Crippen molar-refractivity contribution in [1.82, 2.24) is 10.2 Å². The van der Waals surface area contributed by atoms with Crippen LogP contribution in [0, 0.1) is 0 Å². The van der Waals surface area contributed by atoms with Crippen molar-refractivity contribution in [2.75, 3.05) is 5.32 Å². The number of thioether (sulfide) groups is 1. The van der Waals surface area contributed by atoms with E-state index in [2.05, 4.69) is 15.5 Å². The van der Waals surface area contributed by atoms with Gasteiger partial charge in [-0.1, -0.05) is 42.5 Å². The van der Waals surface area contributed by atoms with Crippen LogP contribution in [0.25, 0.3) is 0 Å². The maximum absolute atomic E-state index is 11.6. The molecule has 0 atom stereocenters. The van der Waals surface area contributed by atoms with Gasteiger partial charge in [-0.2, -0.15) is 0 Å². The lowest BCUT2D eigenvalue weighted by atomic mass is 9.98. The third-order valence-corrected chi connectivity index (χ3v) is 5.44. The highest BCUT2D eigenvalue weighted by atomic mass is 32.2. The number of rotatable bonds is 7. The molecule has 138 valence electrons. The molecule has 1 heterocycles. The standard InChI is InChI=1S/C16H17N3O5S2/c1-3-4-11-9(5-6-10(8(2)20)12(11)21)7-25-16-19-18-15(26-16)17-13(22)14(23)24/h5-6,21H,3-4,7H2,1-2H3,(H,23,24)(H,17,18,22)/p-1. The monoisotopic (exact) mass is 394 g/mol. The summed E-state index contributed by atoms with van der Waals surface area (Å²) in [5.41, 5.74) is 1.89. The number of phenolic OH excluding ortho intramolecular Hbond substituents is 1. The van der Waals surface area contributed by atoms with Crippen LogP contribution in [0.15, 0.2) is 16.5 Å². The SMILES string of the molecule is CCCc1c(CSc2nnc(NC(=O)C(=O)[O-])s2)ccc(C(C)=O)c1O. The molecule has 1 aromatic heterocycles. The van der Waals surface area contributed by atoms with Crippen molar-refractivity contribution in [1.29, 1.82) is 0 Å². The van der Waals surface area contributed by atoms with Crippen LogP contribution in [0.5, 0.6) is 5.75 Å². The lowest BCUT2D eigenvalue weighted by molar-refractivity contribution is -0.299. The van der Waals surface area contributed by atoms with Gasteiger partial charge in [0.15, 0.2) is 10.1 Å². The molecule has 1 aromatic carbocycles. The number of benzene rings is 1. The quantitative estimate of drug-likeness (QED) is 0.311. The van der Waals surface area contributed by atoms with Crippen LogP contribution >= 0.6 is 23.1 Å². The summed E-state index contributed by atoms with van der Waals surface area (Å²) in [6.45, 7) is 3.39. The zero-order chi connectivity index (χ0) is 19.3. The summed E-state index contributed by atoms with van der Waals surface area (Å²) >= 11 is 2.36. The average Bonchev–Trinajstić information content (AvgIpc) is 3.02. The molecule has 10 heteroatoms. The number of amides is 1. The Morgan fingerprint density at radius 1 is 1.31 bits per heavy atom. The van der Waals surface area contributed by atoms with Crippen molar-refractivity contribution in [2.45, 2.75) is 36.8 Å². The number of aromatic nitrogens is 2. The smallest absolute Gasteiger partial charge is 0.273 e. The molecule has 0 saturated carbocycles. The number of nitrogens with zero attached hydrogens (tertiary/aromatic N) is 2. The number of hydrogen-bond donors (Lipinski definition) is 2. The second-order valence-electron chi connectivity index (χ2n) is 5.31. The third-order valence-electron chi connectivity index (χ3n) is 3.42. The number of hydrogen-bond acceptors (Lipinski definition) is 9. The maximum Gasteiger partial charge on any atom is 0.273 e. The molecule has 0 aliphatic carbocycles. The molecule has 8 nitrogen and oxygen atoms in total. The zero-order valence-electron chi connectivity index (χ0n) is 14.1. The minimum Gasteiger partial charge on any atom is -0.540 e. The van der Waals surface area contributed by atoms with E-state index in [4.69, 9.17) is 0 Å². The molecule has 0 bridgehead atoms. The molecular weight excluding hydrogens is 378 g/mol. The van der Waals surface area contributed by atoms with E-state index >= 15 is 0 Å². The maximum atomic E-state index is 11.6. The molecule has 2 rings (SSSR count). The van der Waals surface area contributed by atoms with Crippen molar-refractivity contribution in [3.63, 3.8) is 0 Å². The van der Waals surface area contributed by atoms with Crippen LogP contribution in [-0.2, 0) is 21.8 Å². The molecule has 0 aliphatic heterocycles. The number of ketones is 1. The Balaban J connectivity index is 2.13. The number of carbonyl (C=O) groups is 3. The first-order valence-corrected chi connectivity index (χ1v) is 9.47. The minimum absolute atomic E-state index is 0.0108. The van der Waals surface area contributed by atoms with Crippen LogP contribution < -0.4 is 10.4 Å². The van der Waals surface area contributed by atoms with E-state index < -0.39 is 11.9 Å². The Hall–Kier alpha value is -2.46. The van der Waals surface area contributed by atoms with E-state index in [1.165, 1.54) is 18.7 Å². The number of aromatic hydroxyl groups is 1. The lowest BCUT2D eigenvalue weighted by Crippen LogP contribution is -2.36. The summed E-state index contributed by atoms with van der Waals surface area (Å²) < 4.78 is 0.524. The summed E-state index contributed by atoms with van der Waals surface area (Å²) in [6, 6.07) is 3.40. The first-order chi connectivity index (χ1) is 12.3. The Morgan fingerprint density at radius 3 is 2.65 bits per heavy atom. The van der Waals surface area contributed by atoms with Crippen molar-refractivity contribution < 1.29 is 24.6 Å². The van der Waals surface area contributed by atoms with Crippen molar-refractivity contribution >= 4 is 45.9 Å². The van der Waals surface area contributed by atoms with Gasteiger partial charge in [0.25, 0.3) is 5.91 Å². The van der Waals surface area contributed by atoms with Gasteiger partial charge < -0.3 is 15.0 Å². The summed E-state index contributed by atoms with van der Waals surface area (Å²) in [7, 11) is 0. The topological polar surface area (TPSA) is 132 Å². The van der Waals surface area contributed by atoms with E-state index in [0.29, 0.717) is 22.1 Å². The average molecular weight is 394 g/mol. The fourth-order valence-corrected chi connectivity index (χ4v) is 4.00. The Bertz CT molecular complexity index is 850. The number of aliphatic carboxylic acids is 1. The van der Waals surface area contributed by atoms with Crippen LogP contribution in [0.4, 0.5) is 5.13 Å². The molecule has 0 radical (unpaired) electrons. The predicted molar refractivity (Wildman–Crippen MR) is 95.2 cm³/mol. The second-order valence-corrected chi connectivity index (χ2v) is 7.51. The number of nitrogens with one attached hydrogen (secondary N) is 1. The number of anilines is 1. The van der Waals surface area contributed by atoms with Gasteiger partial charge in [-0.05, 0) is 30.5 Å². The first kappa shape index (κ1) is 19.9. The summed E-state index contributed by atoms with van der Waals surface area (Å²) in [5.74, 6) is -2.84. The third kappa shape index (κ3) is 4.79. The predicted octanol–water partition coefficient (Wildman–Crippen LogP) is 1.38. The van der Waals surface area contributed by atoms with Crippen LogP contribution in [0.2, 0.25) is 0 Å². The Morgan fingerprint density at radius 2 is 2.04 bits per heavy atom. The van der Waals surface area contributed by atoms with Gasteiger partial charge in [-0.25, -0.2) is 0 Å². The van der Waals surface area contributed by atoms with Crippen LogP contribution in [0.3, 0.4) is 0 Å². The summed E-state index contributed by atoms with van der Waals surface area (Å²) in [4.78, 5) is 33.0. The molecule has 26 heavy (non-hydrogen) atoms. The van der Waals surface area contributed by atoms with Gasteiger partial charge in [-0.3, -0.25) is 14.9 Å². The van der Waals surface area contributed by atoms with E-state index in [0.717, 1.165) is 28.9 Å². The van der Waals surface area contributed by atoms with Gasteiger partial charge in [-0.15, -0.1) is 10.2 Å². The first-order valence-electron chi connectivity index (χ1n) is 7.66. The lowest BCUT2D eigenvalue weighted by Gasteiger charge is -2.12. The molecule has 2 aromatic rings. The molecule has 0 spiro atoms. The van der Waals surface area contributed by atoms with E-state index in [1.54, 1.807) is 12.1 Å². The van der Waals surface area contributed by atoms with E-state index in [1.807, 2.05) is 6.92 Å². The highest BCUT2D eigenvalue weighted by Crippen LogP contribution is 2.33. The fourth-order valence-electron chi connectivity index (χ4n) is 2.23. The Labute approximate surface area is 157 Å². The molecule has 0 saturated heterocycles. The van der Waals surface area contributed by atoms with Gasteiger partial charge in [0.2, 0.25) is 5.13 Å². The second kappa shape index (κ2) is 8.77. The minimum atomic E-state index is -1.85. The largest absolute Gasteiger partial charge is 0.540 e. The molecule has 2 N–H and O–H groups in total. The van der Waals surface area contributed by atoms with Crippen molar-refractivity contribution in [3.8, 4) is 5.75 Å². The zero-order valence-corrected chi connectivity index (χ0v) is 15.7. The van der Waals surface area contributed by atoms with Crippen LogP contribution in [0.1, 0.15) is 41.8 Å². The number of phenols is 1. The van der Waals surface area contributed by atoms with Crippen molar-refractivity contribution in [3.05, 3.63) is 28.8 Å². The van der Waals surface area contributed by atoms with Gasteiger partial charge in [0.1, 0.15) is 11.7 Å². The molecule has 0 unspecified atom stereocenters. The normalized spacial score (nSPS) is 10.5. The molecular formula is C16H16N3O5S2-. The van der Waals surface area contributed by atoms with Gasteiger partial charge in [0.05, 0.1) is 5.56 Å². The van der Waals surface area contributed by atoms with Crippen molar-refractivity contribution in [2.24, 2.45) is 0 Å². The van der Waals surface area contributed by atoms with Gasteiger partial charge >= 0.3 is 0 Å². The van der Waals surface area contributed by atoms with E-state index in [9.17, 15) is 24.6 Å². The summed E-state index contributed by atoms with van der Waals surface area (Å²) in [5, 5.41) is 30.5. The van der Waals surface area contributed by atoms with Gasteiger partial charge in [0, 0.05) is 5.75 Å². The number of carbonyl (C=O) groups excluding carboxylic acids is 3.